The lowest BCUT2D eigenvalue weighted by Gasteiger charge is -2.34. The fourth-order valence-electron chi connectivity index (χ4n) is 4.96. The Hall–Kier alpha value is -3.72. The Kier molecular flexibility index (Phi) is 4.48. The van der Waals surface area contributed by atoms with Crippen LogP contribution >= 0.6 is 0 Å². The van der Waals surface area contributed by atoms with Crippen LogP contribution in [0.3, 0.4) is 0 Å². The first kappa shape index (κ1) is 19.9. The number of hydrogen-bond donors (Lipinski definition) is 0. The van der Waals surface area contributed by atoms with Crippen molar-refractivity contribution in [2.45, 2.75) is 32.4 Å². The van der Waals surface area contributed by atoms with Crippen molar-refractivity contribution < 1.29 is 9.78 Å². The second-order valence-electron chi connectivity index (χ2n) is 8.78. The molecule has 0 unspecified atom stereocenters. The van der Waals surface area contributed by atoms with Crippen molar-refractivity contribution in [2.24, 2.45) is 7.05 Å². The van der Waals surface area contributed by atoms with E-state index in [2.05, 4.69) is 14.9 Å². The van der Waals surface area contributed by atoms with E-state index in [-0.39, 0.29) is 17.3 Å². The van der Waals surface area contributed by atoms with E-state index in [4.69, 9.17) is 9.78 Å². The molecule has 0 spiro atoms. The predicted molar refractivity (Wildman–Crippen MR) is 124 cm³/mol. The number of piperidine rings is 1. The molecule has 9 heteroatoms. The highest BCUT2D eigenvalue weighted by molar-refractivity contribution is 5.91. The number of aryl methyl sites for hydroxylation is 2. The molecule has 0 bridgehead atoms. The third-order valence-corrected chi connectivity index (χ3v) is 6.74. The number of anilines is 1. The molecule has 4 aromatic rings. The Bertz CT molecular complexity index is 1530. The van der Waals surface area contributed by atoms with Crippen molar-refractivity contribution in [3.63, 3.8) is 0 Å². The Balaban J connectivity index is 1.34. The Morgan fingerprint density at radius 3 is 2.67 bits per heavy atom. The second kappa shape index (κ2) is 7.41. The number of aromatic nitrogens is 4. The molecule has 0 atom stereocenters. The summed E-state index contributed by atoms with van der Waals surface area (Å²) in [6.07, 6.45) is 2.91. The quantitative estimate of drug-likeness (QED) is 0.438. The monoisotopic (exact) mass is 445 g/mol. The first-order valence-electron chi connectivity index (χ1n) is 11.1. The molecule has 2 aromatic carbocycles. The van der Waals surface area contributed by atoms with Crippen molar-refractivity contribution in [3.8, 4) is 5.75 Å². The average molecular weight is 445 g/mol. The van der Waals surface area contributed by atoms with Gasteiger partial charge in [0, 0.05) is 37.1 Å². The third-order valence-electron chi connectivity index (χ3n) is 6.74. The van der Waals surface area contributed by atoms with Gasteiger partial charge in [0.1, 0.15) is 18.8 Å². The van der Waals surface area contributed by atoms with E-state index >= 15 is 0 Å². The first-order valence-corrected chi connectivity index (χ1v) is 11.1. The SMILES string of the molecule is Cc1ccc2c(c1)c(=O)n(C1CCN(c3ncnc4cc5c(cc34)OOC5)CC1)c(=O)n2C. The molecule has 0 N–H and O–H groups in total. The lowest BCUT2D eigenvalue weighted by atomic mass is 10.0. The van der Waals surface area contributed by atoms with Crippen LogP contribution in [-0.2, 0) is 18.5 Å². The fourth-order valence-corrected chi connectivity index (χ4v) is 4.96. The van der Waals surface area contributed by atoms with Crippen LogP contribution in [0.2, 0.25) is 0 Å². The maximum absolute atomic E-state index is 13.3. The summed E-state index contributed by atoms with van der Waals surface area (Å²) in [6, 6.07) is 9.35. The van der Waals surface area contributed by atoms with Crippen molar-refractivity contribution in [3.05, 3.63) is 68.6 Å². The van der Waals surface area contributed by atoms with E-state index < -0.39 is 0 Å². The van der Waals surface area contributed by atoms with Crippen molar-refractivity contribution >= 4 is 27.6 Å². The van der Waals surface area contributed by atoms with Crippen LogP contribution in [0.1, 0.15) is 30.0 Å². The highest BCUT2D eigenvalue weighted by atomic mass is 17.2. The lowest BCUT2D eigenvalue weighted by Crippen LogP contribution is -2.45. The maximum Gasteiger partial charge on any atom is 0.331 e. The van der Waals surface area contributed by atoms with Gasteiger partial charge in [-0.3, -0.25) is 13.9 Å². The molecule has 0 radical (unpaired) electrons. The van der Waals surface area contributed by atoms with Crippen LogP contribution in [-0.4, -0.2) is 32.2 Å². The van der Waals surface area contributed by atoms with Crippen LogP contribution in [0.15, 0.2) is 46.2 Å². The van der Waals surface area contributed by atoms with E-state index in [0.29, 0.717) is 49.2 Å². The number of nitrogens with zero attached hydrogens (tertiary/aromatic N) is 5. The zero-order valence-corrected chi connectivity index (χ0v) is 18.4. The van der Waals surface area contributed by atoms with Crippen LogP contribution < -0.4 is 21.0 Å². The van der Waals surface area contributed by atoms with Crippen molar-refractivity contribution in [1.82, 2.24) is 19.1 Å². The van der Waals surface area contributed by atoms with Gasteiger partial charge in [0.05, 0.1) is 16.4 Å². The van der Waals surface area contributed by atoms with Gasteiger partial charge in [-0.15, -0.1) is 0 Å². The summed E-state index contributed by atoms with van der Waals surface area (Å²) >= 11 is 0. The highest BCUT2D eigenvalue weighted by Crippen LogP contribution is 2.35. The van der Waals surface area contributed by atoms with Crippen LogP contribution in [0.4, 0.5) is 5.82 Å². The van der Waals surface area contributed by atoms with E-state index in [1.54, 1.807) is 17.9 Å². The summed E-state index contributed by atoms with van der Waals surface area (Å²) in [4.78, 5) is 47.8. The van der Waals surface area contributed by atoms with Gasteiger partial charge >= 0.3 is 5.69 Å². The van der Waals surface area contributed by atoms with Gasteiger partial charge in [0.2, 0.25) is 0 Å². The van der Waals surface area contributed by atoms with Gasteiger partial charge in [0.15, 0.2) is 5.75 Å². The van der Waals surface area contributed by atoms with Gasteiger partial charge in [0.25, 0.3) is 5.56 Å². The smallest absolute Gasteiger partial charge is 0.331 e. The zero-order valence-electron chi connectivity index (χ0n) is 18.4. The van der Waals surface area contributed by atoms with E-state index in [0.717, 1.165) is 27.8 Å². The maximum atomic E-state index is 13.3. The molecule has 0 aliphatic carbocycles. The Labute approximate surface area is 188 Å². The molecule has 2 aliphatic heterocycles. The minimum absolute atomic E-state index is 0.161. The van der Waals surface area contributed by atoms with E-state index in [1.165, 1.54) is 4.57 Å². The van der Waals surface area contributed by atoms with Crippen LogP contribution in [0.5, 0.6) is 5.75 Å². The summed E-state index contributed by atoms with van der Waals surface area (Å²) in [5, 5.41) is 1.48. The van der Waals surface area contributed by atoms with Crippen LogP contribution in [0.25, 0.3) is 21.8 Å². The Morgan fingerprint density at radius 1 is 1.03 bits per heavy atom. The normalized spacial score (nSPS) is 16.4. The van der Waals surface area contributed by atoms with Crippen LogP contribution in [0, 0.1) is 6.92 Å². The minimum Gasteiger partial charge on any atom is -0.356 e. The number of hydrogen-bond acceptors (Lipinski definition) is 7. The summed E-state index contributed by atoms with van der Waals surface area (Å²) in [7, 11) is 1.72. The van der Waals surface area contributed by atoms with E-state index in [1.807, 2.05) is 37.3 Å². The lowest BCUT2D eigenvalue weighted by molar-refractivity contribution is -0.194. The molecule has 4 heterocycles. The van der Waals surface area contributed by atoms with Gasteiger partial charge < -0.3 is 9.79 Å². The zero-order chi connectivity index (χ0) is 22.7. The average Bonchev–Trinajstić information content (AvgIpc) is 3.29. The van der Waals surface area contributed by atoms with Gasteiger partial charge in [-0.25, -0.2) is 14.8 Å². The molecule has 9 nitrogen and oxygen atoms in total. The van der Waals surface area contributed by atoms with Gasteiger partial charge in [-0.2, -0.15) is 4.89 Å². The molecule has 0 amide bonds. The second-order valence-corrected chi connectivity index (χ2v) is 8.78. The predicted octanol–water partition coefficient (Wildman–Crippen LogP) is 2.62. The topological polar surface area (TPSA) is 91.5 Å². The first-order chi connectivity index (χ1) is 16.0. The molecule has 2 aromatic heterocycles. The largest absolute Gasteiger partial charge is 0.356 e. The molecule has 168 valence electrons. The van der Waals surface area contributed by atoms with Crippen molar-refractivity contribution in [2.75, 3.05) is 18.0 Å². The highest BCUT2D eigenvalue weighted by Gasteiger charge is 2.27. The summed E-state index contributed by atoms with van der Waals surface area (Å²) in [5.74, 6) is 1.51. The molecular weight excluding hydrogens is 422 g/mol. The summed E-state index contributed by atoms with van der Waals surface area (Å²) < 4.78 is 3.01. The molecular formula is C24H23N5O4. The Morgan fingerprint density at radius 2 is 1.85 bits per heavy atom. The van der Waals surface area contributed by atoms with Gasteiger partial charge in [-0.05, 0) is 44.0 Å². The fraction of sp³-hybridized carbons (Fsp3) is 0.333. The molecule has 6 rings (SSSR count). The van der Waals surface area contributed by atoms with Crippen molar-refractivity contribution in [1.29, 1.82) is 0 Å². The van der Waals surface area contributed by atoms with Gasteiger partial charge in [-0.1, -0.05) is 11.6 Å². The molecule has 2 aliphatic rings. The number of fused-ring (bicyclic) bond motifs is 3. The molecule has 0 saturated carbocycles. The molecule has 33 heavy (non-hydrogen) atoms. The van der Waals surface area contributed by atoms with E-state index in [9.17, 15) is 9.59 Å². The number of rotatable bonds is 2. The summed E-state index contributed by atoms with van der Waals surface area (Å²) in [6.45, 7) is 3.70. The summed E-state index contributed by atoms with van der Waals surface area (Å²) in [5.41, 5.74) is 2.98. The number of benzene rings is 2. The standard InChI is InChI=1S/C24H23N5O4/c1-14-3-4-20-18(9-14)23(30)29(24(31)27(20)2)16-5-7-28(8-6-16)22-17-11-21-15(12-32-33-21)10-19(17)25-13-26-22/h3-4,9-11,13,16H,5-8,12H2,1-2H3. The molecule has 1 saturated heterocycles. The molecule has 1 fully saturated rings. The minimum atomic E-state index is -0.269. The third kappa shape index (κ3) is 3.11.